The smallest absolute Gasteiger partial charge is 0.224 e. The molecule has 1 amide bonds. The lowest BCUT2D eigenvalue weighted by molar-refractivity contribution is -0.124. The van der Waals surface area contributed by atoms with E-state index in [9.17, 15) is 4.79 Å². The quantitative estimate of drug-likeness (QED) is 0.846. The van der Waals surface area contributed by atoms with Crippen LogP contribution in [0.2, 0.25) is 0 Å². The second-order valence-corrected chi connectivity index (χ2v) is 5.86. The first-order valence-electron chi connectivity index (χ1n) is 7.84. The van der Waals surface area contributed by atoms with Crippen molar-refractivity contribution in [3.63, 3.8) is 0 Å². The van der Waals surface area contributed by atoms with Gasteiger partial charge in [-0.05, 0) is 44.9 Å². The molecule has 0 aromatic heterocycles. The molecular weight excluding hydrogens is 264 g/mol. The molecule has 1 aliphatic rings. The van der Waals surface area contributed by atoms with Gasteiger partial charge in [-0.3, -0.25) is 4.79 Å². The molecule has 1 fully saturated rings. The highest BCUT2D eigenvalue weighted by atomic mass is 16.5. The Hall–Kier alpha value is -1.55. The molecule has 2 N–H and O–H groups in total. The fourth-order valence-corrected chi connectivity index (χ4v) is 2.42. The zero-order valence-electron chi connectivity index (χ0n) is 13.2. The minimum absolute atomic E-state index is 0.106. The van der Waals surface area contributed by atoms with E-state index in [1.54, 1.807) is 0 Å². The molecule has 0 aliphatic carbocycles. The highest BCUT2D eigenvalue weighted by molar-refractivity contribution is 5.79. The Morgan fingerprint density at radius 2 is 2.33 bits per heavy atom. The van der Waals surface area contributed by atoms with Crippen molar-refractivity contribution in [3.05, 3.63) is 29.3 Å². The lowest BCUT2D eigenvalue weighted by Gasteiger charge is -2.18. The topological polar surface area (TPSA) is 50.4 Å². The number of hydrogen-bond donors (Lipinski definition) is 2. The van der Waals surface area contributed by atoms with E-state index in [-0.39, 0.29) is 17.9 Å². The van der Waals surface area contributed by atoms with Crippen LogP contribution in [-0.4, -0.2) is 25.1 Å². The first-order valence-corrected chi connectivity index (χ1v) is 7.84. The zero-order chi connectivity index (χ0) is 15.2. The summed E-state index contributed by atoms with van der Waals surface area (Å²) >= 11 is 0. The number of carbonyl (C=O) groups excluding carboxylic acids is 1. The molecular formula is C17H26N2O2. The van der Waals surface area contributed by atoms with Crippen LogP contribution in [0.1, 0.15) is 37.8 Å². The third kappa shape index (κ3) is 4.46. The number of nitrogens with one attached hydrogen (secondary N) is 2. The van der Waals surface area contributed by atoms with Crippen LogP contribution in [0, 0.1) is 12.8 Å². The second kappa shape index (κ2) is 7.46. The Kier molecular flexibility index (Phi) is 5.62. The largest absolute Gasteiger partial charge is 0.490 e. The number of hydrogen-bond acceptors (Lipinski definition) is 3. The molecule has 2 rings (SSSR count). The van der Waals surface area contributed by atoms with Crippen molar-refractivity contribution < 1.29 is 9.53 Å². The van der Waals surface area contributed by atoms with Crippen molar-refractivity contribution >= 4 is 5.91 Å². The van der Waals surface area contributed by atoms with Crippen molar-refractivity contribution in [2.45, 2.75) is 46.3 Å². The summed E-state index contributed by atoms with van der Waals surface area (Å²) in [7, 11) is 0. The molecule has 0 bridgehead atoms. The maximum Gasteiger partial charge on any atom is 0.224 e. The average Bonchev–Trinajstić information content (AvgIpc) is 3.00. The summed E-state index contributed by atoms with van der Waals surface area (Å²) < 4.78 is 5.97. The summed E-state index contributed by atoms with van der Waals surface area (Å²) in [6.45, 7) is 8.47. The molecule has 1 aromatic carbocycles. The van der Waals surface area contributed by atoms with Crippen LogP contribution in [0.25, 0.3) is 0 Å². The average molecular weight is 290 g/mol. The summed E-state index contributed by atoms with van der Waals surface area (Å²) in [6.07, 6.45) is 2.07. The summed E-state index contributed by atoms with van der Waals surface area (Å²) in [5.74, 6) is 1.12. The lowest BCUT2D eigenvalue weighted by Crippen LogP contribution is -2.31. The fourth-order valence-electron chi connectivity index (χ4n) is 2.42. The molecule has 1 heterocycles. The first-order chi connectivity index (χ1) is 10.1. The third-order valence-electron chi connectivity index (χ3n) is 4.01. The third-order valence-corrected chi connectivity index (χ3v) is 4.01. The van der Waals surface area contributed by atoms with Gasteiger partial charge in [0.15, 0.2) is 0 Å². The van der Waals surface area contributed by atoms with Crippen molar-refractivity contribution in [2.75, 3.05) is 13.1 Å². The minimum Gasteiger partial charge on any atom is -0.490 e. The molecule has 1 saturated heterocycles. The van der Waals surface area contributed by atoms with E-state index in [0.29, 0.717) is 6.54 Å². The Morgan fingerprint density at radius 3 is 3.00 bits per heavy atom. The van der Waals surface area contributed by atoms with E-state index in [1.165, 1.54) is 5.56 Å². The summed E-state index contributed by atoms with van der Waals surface area (Å²) in [5, 5.41) is 6.25. The van der Waals surface area contributed by atoms with E-state index in [1.807, 2.05) is 12.1 Å². The van der Waals surface area contributed by atoms with Crippen LogP contribution in [0.15, 0.2) is 18.2 Å². The van der Waals surface area contributed by atoms with Crippen LogP contribution >= 0.6 is 0 Å². The van der Waals surface area contributed by atoms with Gasteiger partial charge in [0.2, 0.25) is 5.91 Å². The van der Waals surface area contributed by atoms with Crippen LogP contribution in [0.5, 0.6) is 5.75 Å². The summed E-state index contributed by atoms with van der Waals surface area (Å²) in [5.41, 5.74) is 2.21. The Bertz CT molecular complexity index is 482. The molecule has 21 heavy (non-hydrogen) atoms. The van der Waals surface area contributed by atoms with Gasteiger partial charge in [0.05, 0.1) is 12.0 Å². The molecule has 1 aromatic rings. The van der Waals surface area contributed by atoms with Gasteiger partial charge in [-0.15, -0.1) is 0 Å². The van der Waals surface area contributed by atoms with Crippen molar-refractivity contribution in [1.29, 1.82) is 0 Å². The number of aryl methyl sites for hydroxylation is 1. The van der Waals surface area contributed by atoms with E-state index in [4.69, 9.17) is 4.74 Å². The van der Waals surface area contributed by atoms with Crippen molar-refractivity contribution in [1.82, 2.24) is 10.6 Å². The molecule has 0 radical (unpaired) electrons. The number of ether oxygens (including phenoxy) is 1. The maximum atomic E-state index is 12.1. The van der Waals surface area contributed by atoms with Gasteiger partial charge < -0.3 is 15.4 Å². The molecule has 2 atom stereocenters. The van der Waals surface area contributed by atoms with Crippen LogP contribution in [0.4, 0.5) is 0 Å². The monoisotopic (exact) mass is 290 g/mol. The van der Waals surface area contributed by atoms with Crippen molar-refractivity contribution in [2.24, 2.45) is 5.92 Å². The van der Waals surface area contributed by atoms with E-state index in [0.717, 1.165) is 37.2 Å². The predicted molar refractivity (Wildman–Crippen MR) is 84.4 cm³/mol. The van der Waals surface area contributed by atoms with Gasteiger partial charge in [0.1, 0.15) is 5.75 Å². The van der Waals surface area contributed by atoms with E-state index < -0.39 is 0 Å². The highest BCUT2D eigenvalue weighted by Gasteiger charge is 2.22. The van der Waals surface area contributed by atoms with Crippen LogP contribution < -0.4 is 15.4 Å². The highest BCUT2D eigenvalue weighted by Crippen LogP contribution is 2.22. The van der Waals surface area contributed by atoms with Crippen molar-refractivity contribution in [3.8, 4) is 5.75 Å². The van der Waals surface area contributed by atoms with Gasteiger partial charge in [-0.2, -0.15) is 0 Å². The molecule has 4 heteroatoms. The second-order valence-electron chi connectivity index (χ2n) is 5.86. The molecule has 0 spiro atoms. The first kappa shape index (κ1) is 15.8. The summed E-state index contributed by atoms with van der Waals surface area (Å²) in [4.78, 5) is 12.1. The normalized spacial score (nSPS) is 19.3. The van der Waals surface area contributed by atoms with Gasteiger partial charge in [0.25, 0.3) is 0 Å². The van der Waals surface area contributed by atoms with Crippen LogP contribution in [0.3, 0.4) is 0 Å². The molecule has 1 aliphatic heterocycles. The van der Waals surface area contributed by atoms with Crippen LogP contribution in [-0.2, 0) is 11.3 Å². The maximum absolute atomic E-state index is 12.1. The molecule has 4 nitrogen and oxygen atoms in total. The standard InChI is InChI=1S/C17H26N2O2/c1-4-13(3)21-16-9-12(2)5-6-14(16)11-19-17(20)15-7-8-18-10-15/h5-6,9,13,15,18H,4,7-8,10-11H2,1-3H3,(H,19,20). The lowest BCUT2D eigenvalue weighted by atomic mass is 10.1. The number of benzene rings is 1. The van der Waals surface area contributed by atoms with E-state index >= 15 is 0 Å². The summed E-state index contributed by atoms with van der Waals surface area (Å²) in [6, 6.07) is 6.15. The Balaban J connectivity index is 1.99. The van der Waals surface area contributed by atoms with Gasteiger partial charge in [0, 0.05) is 18.7 Å². The number of amides is 1. The van der Waals surface area contributed by atoms with Gasteiger partial charge in [-0.25, -0.2) is 0 Å². The molecule has 2 unspecified atom stereocenters. The predicted octanol–water partition coefficient (Wildman–Crippen LogP) is 2.40. The fraction of sp³-hybridized carbons (Fsp3) is 0.588. The SMILES string of the molecule is CCC(C)Oc1cc(C)ccc1CNC(=O)C1CCNC1. The van der Waals surface area contributed by atoms with Gasteiger partial charge in [-0.1, -0.05) is 19.1 Å². The number of carbonyl (C=O) groups is 1. The van der Waals surface area contributed by atoms with E-state index in [2.05, 4.69) is 37.5 Å². The zero-order valence-corrected chi connectivity index (χ0v) is 13.2. The van der Waals surface area contributed by atoms with Gasteiger partial charge >= 0.3 is 0 Å². The molecule has 116 valence electrons. The minimum atomic E-state index is 0.106. The Morgan fingerprint density at radius 1 is 1.52 bits per heavy atom. The number of rotatable bonds is 6. The Labute approximate surface area is 127 Å². The molecule has 0 saturated carbocycles.